The van der Waals surface area contributed by atoms with Crippen molar-refractivity contribution >= 4 is 5.91 Å². The third kappa shape index (κ3) is 2.87. The number of nitrogens with one attached hydrogen (secondary N) is 1. The second-order valence-electron chi connectivity index (χ2n) is 4.41. The first-order valence-corrected chi connectivity index (χ1v) is 5.78. The van der Waals surface area contributed by atoms with Crippen LogP contribution in [0.4, 0.5) is 0 Å². The maximum absolute atomic E-state index is 11.4. The quantitative estimate of drug-likeness (QED) is 0.847. The van der Waals surface area contributed by atoms with Crippen LogP contribution in [0, 0.1) is 0 Å². The lowest BCUT2D eigenvalue weighted by atomic mass is 9.93. The Bertz CT molecular complexity index is 434. The van der Waals surface area contributed by atoms with Crippen LogP contribution in [0.2, 0.25) is 0 Å². The van der Waals surface area contributed by atoms with E-state index in [9.17, 15) is 4.79 Å². The van der Waals surface area contributed by atoms with Crippen molar-refractivity contribution in [3.05, 3.63) is 41.5 Å². The zero-order valence-electron chi connectivity index (χ0n) is 10.2. The minimum atomic E-state index is 0.0125. The third-order valence-electron chi connectivity index (χ3n) is 3.06. The van der Waals surface area contributed by atoms with Crippen molar-refractivity contribution in [1.82, 2.24) is 5.32 Å². The Kier molecular flexibility index (Phi) is 3.47. The highest BCUT2D eigenvalue weighted by molar-refractivity contribution is 5.88. The summed E-state index contributed by atoms with van der Waals surface area (Å²) in [5.74, 6) is 1.22. The van der Waals surface area contributed by atoms with Gasteiger partial charge in [-0.25, -0.2) is 0 Å². The molecule has 1 heterocycles. The van der Waals surface area contributed by atoms with Gasteiger partial charge >= 0.3 is 0 Å². The van der Waals surface area contributed by atoms with Crippen molar-refractivity contribution < 1.29 is 9.53 Å². The second-order valence-corrected chi connectivity index (χ2v) is 4.41. The molecule has 1 N–H and O–H groups in total. The van der Waals surface area contributed by atoms with Gasteiger partial charge in [0.2, 0.25) is 5.91 Å². The van der Waals surface area contributed by atoms with E-state index in [4.69, 9.17) is 4.74 Å². The van der Waals surface area contributed by atoms with Gasteiger partial charge in [0.05, 0.1) is 7.11 Å². The van der Waals surface area contributed by atoms with Crippen LogP contribution < -0.4 is 10.1 Å². The lowest BCUT2D eigenvalue weighted by molar-refractivity contribution is -0.116. The molecule has 0 radical (unpaired) electrons. The molecule has 0 fully saturated rings. The molecular weight excluding hydrogens is 214 g/mol. The Morgan fingerprint density at radius 1 is 1.29 bits per heavy atom. The molecule has 0 aromatic heterocycles. The van der Waals surface area contributed by atoms with Gasteiger partial charge in [0.25, 0.3) is 0 Å². The molecule has 0 spiro atoms. The first kappa shape index (κ1) is 11.7. The van der Waals surface area contributed by atoms with Crippen molar-refractivity contribution in [3.8, 4) is 5.75 Å². The average Bonchev–Trinajstić information content (AvgIpc) is 2.50. The normalized spacial score (nSPS) is 20.2. The van der Waals surface area contributed by atoms with E-state index in [1.165, 1.54) is 5.56 Å². The van der Waals surface area contributed by atoms with Crippen LogP contribution in [0.15, 0.2) is 35.9 Å². The molecule has 0 aliphatic carbocycles. The van der Waals surface area contributed by atoms with Gasteiger partial charge in [0.1, 0.15) is 5.75 Å². The number of rotatable bonds is 2. The molecule has 0 saturated carbocycles. The Morgan fingerprint density at radius 2 is 2.00 bits per heavy atom. The Balaban J connectivity index is 2.16. The predicted molar refractivity (Wildman–Crippen MR) is 67.1 cm³/mol. The molecule has 2 rings (SSSR count). The number of benzene rings is 1. The smallest absolute Gasteiger partial charge is 0.243 e. The lowest BCUT2D eigenvalue weighted by Gasteiger charge is -2.15. The van der Waals surface area contributed by atoms with E-state index in [0.29, 0.717) is 12.5 Å². The van der Waals surface area contributed by atoms with Crippen LogP contribution in [0.3, 0.4) is 0 Å². The van der Waals surface area contributed by atoms with Gasteiger partial charge in [-0.05, 0) is 31.0 Å². The number of hydrogen-bond acceptors (Lipinski definition) is 2. The van der Waals surface area contributed by atoms with Crippen LogP contribution in [-0.4, -0.2) is 19.6 Å². The highest BCUT2D eigenvalue weighted by Gasteiger charge is 2.16. The fourth-order valence-corrected chi connectivity index (χ4v) is 2.13. The topological polar surface area (TPSA) is 38.3 Å². The average molecular weight is 231 g/mol. The van der Waals surface area contributed by atoms with Crippen LogP contribution in [0.25, 0.3) is 0 Å². The molecule has 0 bridgehead atoms. The van der Waals surface area contributed by atoms with Gasteiger partial charge < -0.3 is 10.1 Å². The Labute approximate surface area is 101 Å². The summed E-state index contributed by atoms with van der Waals surface area (Å²) in [6, 6.07) is 8.05. The van der Waals surface area contributed by atoms with Crippen molar-refractivity contribution in [2.45, 2.75) is 19.3 Å². The summed E-state index contributed by atoms with van der Waals surface area (Å²) in [5.41, 5.74) is 2.36. The monoisotopic (exact) mass is 231 g/mol. The number of carbonyl (C=O) groups excluding carboxylic acids is 1. The predicted octanol–water partition coefficient (Wildman–Crippen LogP) is 2.25. The third-order valence-corrected chi connectivity index (χ3v) is 3.06. The van der Waals surface area contributed by atoms with Crippen molar-refractivity contribution in [2.75, 3.05) is 13.7 Å². The summed E-state index contributed by atoms with van der Waals surface area (Å²) < 4.78 is 5.14. The molecule has 1 unspecified atom stereocenters. The first-order chi connectivity index (χ1) is 8.19. The number of amides is 1. The number of ether oxygens (including phenoxy) is 1. The van der Waals surface area contributed by atoms with Gasteiger partial charge in [0.15, 0.2) is 0 Å². The second kappa shape index (κ2) is 5.04. The number of hydrogen-bond donors (Lipinski definition) is 1. The maximum atomic E-state index is 11.4. The molecule has 1 amide bonds. The lowest BCUT2D eigenvalue weighted by Crippen LogP contribution is -2.24. The minimum Gasteiger partial charge on any atom is -0.497 e. The largest absolute Gasteiger partial charge is 0.497 e. The van der Waals surface area contributed by atoms with Gasteiger partial charge in [-0.1, -0.05) is 17.7 Å². The molecule has 17 heavy (non-hydrogen) atoms. The van der Waals surface area contributed by atoms with Crippen molar-refractivity contribution in [3.63, 3.8) is 0 Å². The number of methoxy groups -OCH3 is 1. The standard InChI is InChI=1S/C14H17NO2/c1-10-7-12(9-15-14(16)8-10)11-3-5-13(17-2)6-4-11/h3-6,8,12H,7,9H2,1-2H3,(H,15,16). The molecule has 1 atom stereocenters. The summed E-state index contributed by atoms with van der Waals surface area (Å²) in [6.07, 6.45) is 2.61. The fraction of sp³-hybridized carbons (Fsp3) is 0.357. The molecule has 1 aliphatic rings. The van der Waals surface area contributed by atoms with E-state index in [0.717, 1.165) is 17.7 Å². The van der Waals surface area contributed by atoms with Crippen molar-refractivity contribution in [2.24, 2.45) is 0 Å². The highest BCUT2D eigenvalue weighted by Crippen LogP contribution is 2.26. The van der Waals surface area contributed by atoms with E-state index in [1.807, 2.05) is 19.1 Å². The van der Waals surface area contributed by atoms with Gasteiger partial charge in [-0.15, -0.1) is 0 Å². The molecule has 90 valence electrons. The van der Waals surface area contributed by atoms with E-state index in [-0.39, 0.29) is 5.91 Å². The minimum absolute atomic E-state index is 0.0125. The Morgan fingerprint density at radius 3 is 2.65 bits per heavy atom. The van der Waals surface area contributed by atoms with Crippen LogP contribution in [0.5, 0.6) is 5.75 Å². The van der Waals surface area contributed by atoms with Crippen LogP contribution in [-0.2, 0) is 4.79 Å². The maximum Gasteiger partial charge on any atom is 0.243 e. The van der Waals surface area contributed by atoms with E-state index in [1.54, 1.807) is 13.2 Å². The van der Waals surface area contributed by atoms with Gasteiger partial charge in [-0.3, -0.25) is 4.79 Å². The van der Waals surface area contributed by atoms with Crippen molar-refractivity contribution in [1.29, 1.82) is 0 Å². The zero-order valence-corrected chi connectivity index (χ0v) is 10.2. The van der Waals surface area contributed by atoms with E-state index in [2.05, 4.69) is 17.4 Å². The fourth-order valence-electron chi connectivity index (χ4n) is 2.13. The molecular formula is C14H17NO2. The molecule has 1 aromatic rings. The summed E-state index contributed by atoms with van der Waals surface area (Å²) in [5, 5.41) is 2.91. The van der Waals surface area contributed by atoms with Crippen LogP contribution in [0.1, 0.15) is 24.8 Å². The molecule has 3 heteroatoms. The van der Waals surface area contributed by atoms with Crippen LogP contribution >= 0.6 is 0 Å². The summed E-state index contributed by atoms with van der Waals surface area (Å²) in [7, 11) is 1.66. The van der Waals surface area contributed by atoms with Gasteiger partial charge in [-0.2, -0.15) is 0 Å². The van der Waals surface area contributed by atoms with E-state index >= 15 is 0 Å². The molecule has 1 aromatic carbocycles. The first-order valence-electron chi connectivity index (χ1n) is 5.78. The SMILES string of the molecule is COc1ccc(C2CNC(=O)C=C(C)C2)cc1. The number of allylic oxidation sites excluding steroid dienone is 1. The highest BCUT2D eigenvalue weighted by atomic mass is 16.5. The number of carbonyl (C=O) groups is 1. The van der Waals surface area contributed by atoms with E-state index < -0.39 is 0 Å². The zero-order chi connectivity index (χ0) is 12.3. The summed E-state index contributed by atoms with van der Waals surface area (Å²) in [6.45, 7) is 2.69. The molecule has 1 aliphatic heterocycles. The summed E-state index contributed by atoms with van der Waals surface area (Å²) >= 11 is 0. The summed E-state index contributed by atoms with van der Waals surface area (Å²) in [4.78, 5) is 11.4. The molecule has 0 saturated heterocycles. The van der Waals surface area contributed by atoms with Gasteiger partial charge in [0, 0.05) is 18.5 Å². The molecule has 3 nitrogen and oxygen atoms in total. The Hall–Kier alpha value is -1.77.